The highest BCUT2D eigenvalue weighted by Crippen LogP contribution is 2.24. The van der Waals surface area contributed by atoms with E-state index in [2.05, 4.69) is 28.4 Å². The topological polar surface area (TPSA) is 94.3 Å². The van der Waals surface area contributed by atoms with Crippen LogP contribution in [0.4, 0.5) is 0 Å². The summed E-state index contributed by atoms with van der Waals surface area (Å²) in [7, 11) is 0.230. The molecule has 3 rings (SSSR count). The molecule has 0 saturated heterocycles. The quantitative estimate of drug-likeness (QED) is 0.453. The van der Waals surface area contributed by atoms with Gasteiger partial charge in [0.25, 0.3) is 0 Å². The van der Waals surface area contributed by atoms with Gasteiger partial charge in [-0.25, -0.2) is 4.98 Å². The normalized spacial score (nSPS) is 11.0. The Morgan fingerprint density at radius 3 is 2.55 bits per heavy atom. The first kappa shape index (κ1) is 25.7. The number of aromatic nitrogens is 2. The maximum Gasteiger partial charge on any atom is 0.232 e. The van der Waals surface area contributed by atoms with Gasteiger partial charge in [-0.05, 0) is 49.2 Å². The summed E-state index contributed by atoms with van der Waals surface area (Å²) in [5.41, 5.74) is 2.44. The van der Waals surface area contributed by atoms with E-state index in [1.165, 1.54) is 0 Å². The van der Waals surface area contributed by atoms with Gasteiger partial charge >= 0.3 is 0 Å². The number of rotatable bonds is 10. The molecule has 1 amide bonds. The average molecular weight is 468 g/mol. The first-order valence-corrected chi connectivity index (χ1v) is 11.8. The minimum absolute atomic E-state index is 0.0722. The number of carbonyl (C=O) groups is 1. The van der Waals surface area contributed by atoms with Crippen LogP contribution in [0, 0.1) is 6.92 Å². The van der Waals surface area contributed by atoms with Crippen LogP contribution in [0.3, 0.4) is 0 Å². The number of benzene rings is 1. The Bertz CT molecular complexity index is 1060. The van der Waals surface area contributed by atoms with E-state index in [1.54, 1.807) is 38.6 Å². The number of methoxy groups -OCH3 is 1. The van der Waals surface area contributed by atoms with Gasteiger partial charge in [0.2, 0.25) is 11.8 Å². The number of nitrogens with one attached hydrogen (secondary N) is 1. The number of pyridine rings is 1. The SMILES string of the molecule is C=CC=C.COc1ccc(-c2nc(CS(=O)CC(=O)NCCc3cccnc3)c(C)o2)cc1. The fraction of sp³-hybridized carbons (Fsp3) is 0.240. The summed E-state index contributed by atoms with van der Waals surface area (Å²) in [5.74, 6) is 1.65. The molecule has 2 aromatic heterocycles. The molecule has 0 aliphatic carbocycles. The van der Waals surface area contributed by atoms with E-state index in [0.29, 0.717) is 30.3 Å². The predicted octanol–water partition coefficient (Wildman–Crippen LogP) is 4.02. The van der Waals surface area contributed by atoms with E-state index in [0.717, 1.165) is 16.9 Å². The zero-order valence-electron chi connectivity index (χ0n) is 19.0. The summed E-state index contributed by atoms with van der Waals surface area (Å²) in [5, 5.41) is 2.79. The van der Waals surface area contributed by atoms with E-state index >= 15 is 0 Å². The first-order valence-electron chi connectivity index (χ1n) is 10.3. The molecule has 1 N–H and O–H groups in total. The summed E-state index contributed by atoms with van der Waals surface area (Å²) in [6.45, 7) is 8.98. The number of carbonyl (C=O) groups excluding carboxylic acids is 1. The van der Waals surface area contributed by atoms with Crippen LogP contribution in [0.1, 0.15) is 17.0 Å². The van der Waals surface area contributed by atoms with Crippen LogP contribution < -0.4 is 10.1 Å². The van der Waals surface area contributed by atoms with Crippen molar-refractivity contribution >= 4 is 16.7 Å². The molecule has 8 heteroatoms. The minimum Gasteiger partial charge on any atom is -0.497 e. The number of ether oxygens (including phenoxy) is 1. The number of nitrogens with zero attached hydrogens (tertiary/aromatic N) is 2. The third kappa shape index (κ3) is 8.86. The summed E-state index contributed by atoms with van der Waals surface area (Å²) < 4.78 is 23.2. The van der Waals surface area contributed by atoms with Crippen molar-refractivity contribution in [3.63, 3.8) is 0 Å². The van der Waals surface area contributed by atoms with Crippen molar-refractivity contribution in [1.82, 2.24) is 15.3 Å². The van der Waals surface area contributed by atoms with Gasteiger partial charge in [0.1, 0.15) is 17.3 Å². The minimum atomic E-state index is -1.37. The highest BCUT2D eigenvalue weighted by molar-refractivity contribution is 7.84. The fourth-order valence-corrected chi connectivity index (χ4v) is 3.78. The van der Waals surface area contributed by atoms with Gasteiger partial charge in [0, 0.05) is 35.3 Å². The highest BCUT2D eigenvalue weighted by atomic mass is 32.2. The molecule has 0 saturated carbocycles. The molecule has 3 aromatic rings. The Hall–Kier alpha value is -3.52. The number of allylic oxidation sites excluding steroid dienone is 2. The first-order chi connectivity index (χ1) is 16.0. The summed E-state index contributed by atoms with van der Waals surface area (Å²) in [6, 6.07) is 11.1. The van der Waals surface area contributed by atoms with E-state index in [-0.39, 0.29) is 17.4 Å². The number of amides is 1. The van der Waals surface area contributed by atoms with Crippen LogP contribution >= 0.6 is 0 Å². The lowest BCUT2D eigenvalue weighted by Gasteiger charge is -2.05. The molecule has 0 radical (unpaired) electrons. The van der Waals surface area contributed by atoms with Gasteiger partial charge in [-0.1, -0.05) is 31.4 Å². The maximum absolute atomic E-state index is 12.4. The van der Waals surface area contributed by atoms with Gasteiger partial charge in [-0.15, -0.1) is 0 Å². The van der Waals surface area contributed by atoms with Gasteiger partial charge in [-0.3, -0.25) is 14.0 Å². The molecule has 0 fully saturated rings. The maximum atomic E-state index is 12.4. The molecule has 0 aliphatic heterocycles. The van der Waals surface area contributed by atoms with Crippen LogP contribution in [0.15, 0.2) is 78.5 Å². The zero-order valence-corrected chi connectivity index (χ0v) is 19.8. The summed E-state index contributed by atoms with van der Waals surface area (Å²) in [4.78, 5) is 20.5. The molecule has 2 heterocycles. The fourth-order valence-electron chi connectivity index (χ4n) is 2.71. The molecule has 0 aliphatic rings. The van der Waals surface area contributed by atoms with E-state index in [1.807, 2.05) is 36.4 Å². The molecule has 0 spiro atoms. The lowest BCUT2D eigenvalue weighted by Crippen LogP contribution is -2.30. The van der Waals surface area contributed by atoms with Crippen molar-refractivity contribution in [1.29, 1.82) is 0 Å². The van der Waals surface area contributed by atoms with Gasteiger partial charge in [0.05, 0.1) is 18.6 Å². The molecular formula is C25H29N3O4S. The second kappa shape index (κ2) is 13.8. The molecule has 1 aromatic carbocycles. The Balaban J connectivity index is 0.000000890. The number of oxazole rings is 1. The van der Waals surface area contributed by atoms with Crippen LogP contribution in [0.25, 0.3) is 11.5 Å². The molecule has 33 heavy (non-hydrogen) atoms. The van der Waals surface area contributed by atoms with Crippen molar-refractivity contribution in [3.8, 4) is 17.2 Å². The van der Waals surface area contributed by atoms with Crippen molar-refractivity contribution in [2.24, 2.45) is 0 Å². The lowest BCUT2D eigenvalue weighted by atomic mass is 10.2. The molecule has 7 nitrogen and oxygen atoms in total. The van der Waals surface area contributed by atoms with Gasteiger partial charge in [0.15, 0.2) is 0 Å². The van der Waals surface area contributed by atoms with E-state index < -0.39 is 10.8 Å². The second-order valence-electron chi connectivity index (χ2n) is 6.91. The molecular weight excluding hydrogens is 438 g/mol. The van der Waals surface area contributed by atoms with Crippen LogP contribution in [0.5, 0.6) is 5.75 Å². The number of hydrogen-bond donors (Lipinski definition) is 1. The highest BCUT2D eigenvalue weighted by Gasteiger charge is 2.16. The largest absolute Gasteiger partial charge is 0.497 e. The third-order valence-corrected chi connectivity index (χ3v) is 5.62. The summed E-state index contributed by atoms with van der Waals surface area (Å²) >= 11 is 0. The average Bonchev–Trinajstić information content (AvgIpc) is 3.19. The Labute approximate surface area is 197 Å². The van der Waals surface area contributed by atoms with Crippen LogP contribution in [0.2, 0.25) is 0 Å². The van der Waals surface area contributed by atoms with Gasteiger partial charge in [-0.2, -0.15) is 0 Å². The Morgan fingerprint density at radius 1 is 1.21 bits per heavy atom. The number of aryl methyl sites for hydroxylation is 1. The lowest BCUT2D eigenvalue weighted by molar-refractivity contribution is -0.118. The molecule has 1 atom stereocenters. The van der Waals surface area contributed by atoms with Crippen molar-refractivity contribution < 1.29 is 18.2 Å². The van der Waals surface area contributed by atoms with Crippen LogP contribution in [-0.4, -0.2) is 39.5 Å². The number of hydrogen-bond acceptors (Lipinski definition) is 6. The summed E-state index contributed by atoms with van der Waals surface area (Å²) in [6.07, 6.45) is 7.43. The third-order valence-electron chi connectivity index (χ3n) is 4.44. The Kier molecular flexibility index (Phi) is 10.8. The zero-order chi connectivity index (χ0) is 24.1. The molecule has 0 bridgehead atoms. The van der Waals surface area contributed by atoms with Crippen molar-refractivity contribution in [2.75, 3.05) is 19.4 Å². The van der Waals surface area contributed by atoms with Crippen molar-refractivity contribution in [2.45, 2.75) is 19.1 Å². The second-order valence-corrected chi connectivity index (χ2v) is 8.37. The van der Waals surface area contributed by atoms with Gasteiger partial charge < -0.3 is 14.5 Å². The predicted molar refractivity (Wildman–Crippen MR) is 131 cm³/mol. The standard InChI is InChI=1S/C21H23N3O4S.C4H6/c1-15-19(24-21(28-15)17-5-7-18(27-2)8-6-17)13-29(26)14-20(25)23-11-9-16-4-3-10-22-12-16;1-3-4-2/h3-8,10,12H,9,11,13-14H2,1-2H3,(H,23,25);3-4H,1-2H2. The van der Waals surface area contributed by atoms with Crippen molar-refractivity contribution in [3.05, 3.63) is 91.1 Å². The van der Waals surface area contributed by atoms with E-state index in [9.17, 15) is 9.00 Å². The molecule has 174 valence electrons. The molecule has 1 unspecified atom stereocenters. The Morgan fingerprint density at radius 2 is 1.94 bits per heavy atom. The van der Waals surface area contributed by atoms with Crippen LogP contribution in [-0.2, 0) is 27.8 Å². The monoisotopic (exact) mass is 467 g/mol. The smallest absolute Gasteiger partial charge is 0.232 e. The van der Waals surface area contributed by atoms with E-state index in [4.69, 9.17) is 9.15 Å².